The molecule has 170 valence electrons. The summed E-state index contributed by atoms with van der Waals surface area (Å²) in [6, 6.07) is 23.1. The summed E-state index contributed by atoms with van der Waals surface area (Å²) >= 11 is 0. The summed E-state index contributed by atoms with van der Waals surface area (Å²) < 4.78 is 23.8. The van der Waals surface area contributed by atoms with Gasteiger partial charge in [0.25, 0.3) is 5.91 Å². The second-order valence-corrected chi connectivity index (χ2v) is 10.4. The van der Waals surface area contributed by atoms with Crippen molar-refractivity contribution in [2.75, 3.05) is 16.0 Å². The molecule has 0 aliphatic heterocycles. The van der Waals surface area contributed by atoms with E-state index in [-0.39, 0.29) is 34.9 Å². The molecular weight excluding hydrogens is 436 g/mol. The van der Waals surface area contributed by atoms with Gasteiger partial charge in [-0.25, -0.2) is 8.42 Å². The lowest BCUT2D eigenvalue weighted by atomic mass is 10.1. The number of para-hydroxylation sites is 1. The van der Waals surface area contributed by atoms with Crippen LogP contribution in [0.15, 0.2) is 83.8 Å². The van der Waals surface area contributed by atoms with Gasteiger partial charge < -0.3 is 10.2 Å². The zero-order valence-electron chi connectivity index (χ0n) is 18.4. The summed E-state index contributed by atoms with van der Waals surface area (Å²) in [4.78, 5) is 27.6. The van der Waals surface area contributed by atoms with Crippen LogP contribution in [0.5, 0.6) is 0 Å². The maximum atomic E-state index is 13.1. The van der Waals surface area contributed by atoms with Gasteiger partial charge in [0.2, 0.25) is 5.91 Å². The molecule has 1 saturated carbocycles. The first kappa shape index (κ1) is 22.7. The minimum absolute atomic E-state index is 0.0368. The van der Waals surface area contributed by atoms with Crippen LogP contribution in [-0.4, -0.2) is 32.0 Å². The number of anilines is 2. The van der Waals surface area contributed by atoms with Crippen molar-refractivity contribution in [2.24, 2.45) is 0 Å². The van der Waals surface area contributed by atoms with Crippen molar-refractivity contribution >= 4 is 33.0 Å². The summed E-state index contributed by atoms with van der Waals surface area (Å²) in [6.45, 7) is 1.60. The zero-order valence-corrected chi connectivity index (χ0v) is 19.2. The van der Waals surface area contributed by atoms with E-state index in [1.165, 1.54) is 12.1 Å². The standard InChI is InChI=1S/C26H26N2O4S/c1-2-33(31,32)24-16-8-19(9-17-24)18-25(29)27-21-12-10-20(11-13-21)26(30)28(23-14-15-23)22-6-4-3-5-7-22/h3-13,16-17,23H,2,14-15,18H2,1H3,(H,27,29). The summed E-state index contributed by atoms with van der Waals surface area (Å²) in [5.74, 6) is -0.234. The molecule has 1 aliphatic carbocycles. The Morgan fingerprint density at radius 1 is 0.909 bits per heavy atom. The fraction of sp³-hybridized carbons (Fsp3) is 0.231. The average Bonchev–Trinajstić information content (AvgIpc) is 3.66. The molecule has 0 saturated heterocycles. The monoisotopic (exact) mass is 462 g/mol. The molecule has 4 rings (SSSR count). The maximum absolute atomic E-state index is 13.1. The summed E-state index contributed by atoms with van der Waals surface area (Å²) in [5.41, 5.74) is 2.77. The number of hydrogen-bond acceptors (Lipinski definition) is 4. The molecule has 1 fully saturated rings. The van der Waals surface area contributed by atoms with Crippen molar-refractivity contribution in [3.05, 3.63) is 90.0 Å². The number of sulfone groups is 1. The van der Waals surface area contributed by atoms with Gasteiger partial charge in [-0.15, -0.1) is 0 Å². The van der Waals surface area contributed by atoms with Crippen LogP contribution in [0.1, 0.15) is 35.7 Å². The molecule has 0 spiro atoms. The molecular formula is C26H26N2O4S. The Hall–Kier alpha value is -3.45. The van der Waals surface area contributed by atoms with E-state index in [0.29, 0.717) is 11.3 Å². The molecule has 0 bridgehead atoms. The fourth-order valence-electron chi connectivity index (χ4n) is 3.62. The zero-order chi connectivity index (χ0) is 23.4. The number of amides is 2. The van der Waals surface area contributed by atoms with Gasteiger partial charge in [0.1, 0.15) is 0 Å². The molecule has 3 aromatic rings. The van der Waals surface area contributed by atoms with Crippen LogP contribution in [0.4, 0.5) is 11.4 Å². The van der Waals surface area contributed by atoms with E-state index in [2.05, 4.69) is 5.32 Å². The highest BCUT2D eigenvalue weighted by Crippen LogP contribution is 2.33. The van der Waals surface area contributed by atoms with Gasteiger partial charge in [0.05, 0.1) is 17.1 Å². The Bertz CT molecular complexity index is 1230. The smallest absolute Gasteiger partial charge is 0.258 e. The molecule has 0 radical (unpaired) electrons. The quantitative estimate of drug-likeness (QED) is 0.535. The van der Waals surface area contributed by atoms with Crippen molar-refractivity contribution in [3.63, 3.8) is 0 Å². The number of nitrogens with one attached hydrogen (secondary N) is 1. The second-order valence-electron chi connectivity index (χ2n) is 8.09. The van der Waals surface area contributed by atoms with E-state index >= 15 is 0 Å². The molecule has 1 N–H and O–H groups in total. The number of rotatable bonds is 8. The first-order valence-electron chi connectivity index (χ1n) is 11.0. The maximum Gasteiger partial charge on any atom is 0.258 e. The molecule has 0 heterocycles. The Morgan fingerprint density at radius 3 is 2.12 bits per heavy atom. The molecule has 7 heteroatoms. The van der Waals surface area contributed by atoms with Crippen LogP contribution in [0.3, 0.4) is 0 Å². The van der Waals surface area contributed by atoms with E-state index in [1.807, 2.05) is 35.2 Å². The molecule has 1 aliphatic rings. The first-order valence-corrected chi connectivity index (χ1v) is 12.6. The number of hydrogen-bond donors (Lipinski definition) is 1. The normalized spacial score (nSPS) is 13.4. The topological polar surface area (TPSA) is 83.5 Å². The lowest BCUT2D eigenvalue weighted by Crippen LogP contribution is -2.33. The van der Waals surface area contributed by atoms with Crippen LogP contribution in [0.25, 0.3) is 0 Å². The SMILES string of the molecule is CCS(=O)(=O)c1ccc(CC(=O)Nc2ccc(C(=O)N(c3ccccc3)C3CC3)cc2)cc1. The van der Waals surface area contributed by atoms with Crippen molar-refractivity contribution in [2.45, 2.75) is 37.1 Å². The van der Waals surface area contributed by atoms with Crippen LogP contribution in [0, 0.1) is 0 Å². The number of benzene rings is 3. The Balaban J connectivity index is 1.39. The molecule has 2 amide bonds. The van der Waals surface area contributed by atoms with Crippen LogP contribution >= 0.6 is 0 Å². The van der Waals surface area contributed by atoms with E-state index in [0.717, 1.165) is 24.1 Å². The highest BCUT2D eigenvalue weighted by Gasteiger charge is 2.34. The van der Waals surface area contributed by atoms with E-state index in [4.69, 9.17) is 0 Å². The lowest BCUT2D eigenvalue weighted by molar-refractivity contribution is -0.115. The summed E-state index contributed by atoms with van der Waals surface area (Å²) in [5, 5.41) is 2.83. The Morgan fingerprint density at radius 2 is 1.55 bits per heavy atom. The highest BCUT2D eigenvalue weighted by atomic mass is 32.2. The molecule has 0 unspecified atom stereocenters. The van der Waals surface area contributed by atoms with Crippen molar-refractivity contribution < 1.29 is 18.0 Å². The summed E-state index contributed by atoms with van der Waals surface area (Å²) in [7, 11) is -3.26. The van der Waals surface area contributed by atoms with Gasteiger partial charge in [-0.3, -0.25) is 9.59 Å². The Labute approximate surface area is 194 Å². The third kappa shape index (κ3) is 5.49. The van der Waals surface area contributed by atoms with E-state index in [9.17, 15) is 18.0 Å². The lowest BCUT2D eigenvalue weighted by Gasteiger charge is -2.22. The predicted octanol–water partition coefficient (Wildman–Crippen LogP) is 4.47. The number of nitrogens with zero attached hydrogens (tertiary/aromatic N) is 1. The molecule has 3 aromatic carbocycles. The van der Waals surface area contributed by atoms with E-state index in [1.54, 1.807) is 43.3 Å². The Kier molecular flexibility index (Phi) is 6.60. The van der Waals surface area contributed by atoms with Crippen molar-refractivity contribution in [1.82, 2.24) is 0 Å². The predicted molar refractivity (Wildman–Crippen MR) is 129 cm³/mol. The van der Waals surface area contributed by atoms with Crippen molar-refractivity contribution in [3.8, 4) is 0 Å². The van der Waals surface area contributed by atoms with Crippen molar-refractivity contribution in [1.29, 1.82) is 0 Å². The minimum Gasteiger partial charge on any atom is -0.326 e. The van der Waals surface area contributed by atoms with Crippen LogP contribution in [0.2, 0.25) is 0 Å². The highest BCUT2D eigenvalue weighted by molar-refractivity contribution is 7.91. The van der Waals surface area contributed by atoms with Gasteiger partial charge in [-0.2, -0.15) is 0 Å². The van der Waals surface area contributed by atoms with Gasteiger partial charge in [-0.05, 0) is 66.9 Å². The van der Waals surface area contributed by atoms with E-state index < -0.39 is 9.84 Å². The first-order chi connectivity index (χ1) is 15.9. The van der Waals surface area contributed by atoms with Gasteiger partial charge in [0.15, 0.2) is 9.84 Å². The van der Waals surface area contributed by atoms with Crippen LogP contribution < -0.4 is 10.2 Å². The largest absolute Gasteiger partial charge is 0.326 e. The van der Waals surface area contributed by atoms with Crippen LogP contribution in [-0.2, 0) is 21.1 Å². The third-order valence-corrected chi connectivity index (χ3v) is 7.36. The molecule has 33 heavy (non-hydrogen) atoms. The van der Waals surface area contributed by atoms with Gasteiger partial charge in [0, 0.05) is 23.0 Å². The third-order valence-electron chi connectivity index (χ3n) is 5.61. The number of carbonyl (C=O) groups excluding carboxylic acids is 2. The molecule has 0 aromatic heterocycles. The van der Waals surface area contributed by atoms with Gasteiger partial charge in [-0.1, -0.05) is 37.3 Å². The summed E-state index contributed by atoms with van der Waals surface area (Å²) in [6.07, 6.45) is 2.12. The fourth-order valence-corrected chi connectivity index (χ4v) is 4.51. The molecule has 0 atom stereocenters. The second kappa shape index (κ2) is 9.58. The molecule has 6 nitrogen and oxygen atoms in total. The number of carbonyl (C=O) groups is 2. The van der Waals surface area contributed by atoms with Gasteiger partial charge >= 0.3 is 0 Å². The average molecular weight is 463 g/mol. The minimum atomic E-state index is -3.26.